The Kier molecular flexibility index (Phi) is 7.42. The molecule has 0 radical (unpaired) electrons. The zero-order valence-electron chi connectivity index (χ0n) is 18.0. The van der Waals surface area contributed by atoms with Gasteiger partial charge in [0.15, 0.2) is 0 Å². The van der Waals surface area contributed by atoms with Crippen molar-refractivity contribution in [3.05, 3.63) is 29.8 Å². The van der Waals surface area contributed by atoms with E-state index in [2.05, 4.69) is 10.6 Å². The summed E-state index contributed by atoms with van der Waals surface area (Å²) in [7, 11) is 2.78. The molecule has 30 heavy (non-hydrogen) atoms. The van der Waals surface area contributed by atoms with Crippen molar-refractivity contribution in [2.75, 3.05) is 20.8 Å². The summed E-state index contributed by atoms with van der Waals surface area (Å²) in [5.74, 6) is -1.25. The molecule has 0 bridgehead atoms. The van der Waals surface area contributed by atoms with Crippen LogP contribution in [0.25, 0.3) is 0 Å². The van der Waals surface area contributed by atoms with Crippen molar-refractivity contribution in [2.24, 2.45) is 5.92 Å². The molecule has 1 aromatic carbocycles. The predicted octanol–water partition coefficient (Wildman–Crippen LogP) is 1.56. The van der Waals surface area contributed by atoms with Crippen LogP contribution in [0.5, 0.6) is 5.75 Å². The average molecular weight is 419 g/mol. The third kappa shape index (κ3) is 4.39. The predicted molar refractivity (Wildman–Crippen MR) is 109 cm³/mol. The second-order valence-electron chi connectivity index (χ2n) is 7.26. The molecule has 0 saturated carbocycles. The summed E-state index contributed by atoms with van der Waals surface area (Å²) >= 11 is 0. The van der Waals surface area contributed by atoms with Crippen LogP contribution in [0.15, 0.2) is 24.3 Å². The molecule has 3 atom stereocenters. The van der Waals surface area contributed by atoms with Gasteiger partial charge in [-0.1, -0.05) is 39.3 Å². The van der Waals surface area contributed by atoms with Gasteiger partial charge in [-0.2, -0.15) is 0 Å². The molecule has 4 amide bonds. The summed E-state index contributed by atoms with van der Waals surface area (Å²) < 4.78 is 9.89. The van der Waals surface area contributed by atoms with Gasteiger partial charge in [-0.3, -0.25) is 14.5 Å². The highest BCUT2D eigenvalue weighted by Crippen LogP contribution is 2.33. The second kappa shape index (κ2) is 9.60. The van der Waals surface area contributed by atoms with Crippen LogP contribution in [-0.2, 0) is 24.7 Å². The number of hydrogen-bond acceptors (Lipinski definition) is 6. The topological polar surface area (TPSA) is 114 Å². The molecule has 164 valence electrons. The maximum Gasteiger partial charge on any atom is 0.328 e. The summed E-state index contributed by atoms with van der Waals surface area (Å²) in [5.41, 5.74) is -0.665. The fraction of sp³-hybridized carbons (Fsp3) is 0.524. The Hall–Kier alpha value is -3.10. The van der Waals surface area contributed by atoms with E-state index < -0.39 is 41.9 Å². The van der Waals surface area contributed by atoms with E-state index >= 15 is 0 Å². The minimum absolute atomic E-state index is 0.168. The zero-order chi connectivity index (χ0) is 22.5. The lowest BCUT2D eigenvalue weighted by atomic mass is 9.87. The van der Waals surface area contributed by atoms with Gasteiger partial charge in [0.05, 0.1) is 14.2 Å². The number of benzene rings is 1. The number of nitrogens with zero attached hydrogens (tertiary/aromatic N) is 1. The van der Waals surface area contributed by atoms with Crippen LogP contribution in [0.3, 0.4) is 0 Å². The molecule has 9 nitrogen and oxygen atoms in total. The van der Waals surface area contributed by atoms with Gasteiger partial charge in [-0.05, 0) is 30.0 Å². The third-order valence-electron chi connectivity index (χ3n) is 5.58. The van der Waals surface area contributed by atoms with Gasteiger partial charge >= 0.3 is 12.0 Å². The monoisotopic (exact) mass is 419 g/mol. The Labute approximate surface area is 176 Å². The van der Waals surface area contributed by atoms with E-state index in [-0.39, 0.29) is 5.92 Å². The first-order chi connectivity index (χ1) is 14.2. The van der Waals surface area contributed by atoms with Crippen LogP contribution in [-0.4, -0.2) is 55.5 Å². The third-order valence-corrected chi connectivity index (χ3v) is 5.58. The summed E-state index contributed by atoms with van der Waals surface area (Å²) in [6.45, 7) is 4.98. The first kappa shape index (κ1) is 23.2. The van der Waals surface area contributed by atoms with Crippen LogP contribution in [0.4, 0.5) is 4.79 Å². The summed E-state index contributed by atoms with van der Waals surface area (Å²) in [6.07, 6.45) is 0.944. The van der Waals surface area contributed by atoms with Crippen molar-refractivity contribution >= 4 is 23.8 Å². The lowest BCUT2D eigenvalue weighted by Crippen LogP contribution is -2.50. The van der Waals surface area contributed by atoms with Gasteiger partial charge < -0.3 is 20.1 Å². The van der Waals surface area contributed by atoms with Crippen LogP contribution in [0.1, 0.15) is 39.2 Å². The zero-order valence-corrected chi connectivity index (χ0v) is 18.0. The van der Waals surface area contributed by atoms with Gasteiger partial charge in [0, 0.05) is 0 Å². The van der Waals surface area contributed by atoms with Crippen LogP contribution in [0, 0.1) is 5.92 Å². The SMILES string of the molecule is CC[C@@H](C)[C@H](NC(=O)CN1C(=O)N[C@](CC)(c2ccc(OC)cc2)C1=O)C(=O)OC. The fourth-order valence-corrected chi connectivity index (χ4v) is 3.44. The summed E-state index contributed by atoms with van der Waals surface area (Å²) in [5, 5.41) is 5.30. The van der Waals surface area contributed by atoms with E-state index in [1.165, 1.54) is 14.2 Å². The van der Waals surface area contributed by atoms with Gasteiger partial charge in [0.1, 0.15) is 23.9 Å². The molecular weight excluding hydrogens is 390 g/mol. The standard InChI is InChI=1S/C21H29N3O6/c1-6-13(3)17(18(26)30-5)22-16(25)12-24-19(27)21(7-2,23-20(24)28)14-8-10-15(29-4)11-9-14/h8-11,13,17H,6-7,12H2,1-5H3,(H,22,25)(H,23,28)/t13-,17+,21-/m1/s1. The first-order valence-electron chi connectivity index (χ1n) is 9.89. The molecule has 9 heteroatoms. The minimum Gasteiger partial charge on any atom is -0.497 e. The van der Waals surface area contributed by atoms with E-state index in [9.17, 15) is 19.2 Å². The van der Waals surface area contributed by atoms with Crippen molar-refractivity contribution < 1.29 is 28.7 Å². The largest absolute Gasteiger partial charge is 0.497 e. The number of nitrogens with one attached hydrogen (secondary N) is 2. The number of amides is 4. The van der Waals surface area contributed by atoms with Crippen LogP contribution < -0.4 is 15.4 Å². The molecule has 0 aromatic heterocycles. The molecule has 2 rings (SSSR count). The number of ether oxygens (including phenoxy) is 2. The number of carbonyl (C=O) groups excluding carboxylic acids is 4. The molecule has 1 aliphatic heterocycles. The molecular formula is C21H29N3O6. The van der Waals surface area contributed by atoms with Crippen LogP contribution in [0.2, 0.25) is 0 Å². The maximum atomic E-state index is 13.2. The van der Waals surface area contributed by atoms with Crippen molar-refractivity contribution in [3.63, 3.8) is 0 Å². The maximum absolute atomic E-state index is 13.2. The Morgan fingerprint density at radius 1 is 1.17 bits per heavy atom. The molecule has 1 heterocycles. The quantitative estimate of drug-likeness (QED) is 0.464. The molecule has 1 fully saturated rings. The van der Waals surface area contributed by atoms with E-state index in [0.29, 0.717) is 24.2 Å². The number of imide groups is 1. The number of esters is 1. The summed E-state index contributed by atoms with van der Waals surface area (Å²) in [4.78, 5) is 51.1. The van der Waals surface area contributed by atoms with Gasteiger partial charge in [-0.15, -0.1) is 0 Å². The van der Waals surface area contributed by atoms with E-state index in [1.54, 1.807) is 38.1 Å². The lowest BCUT2D eigenvalue weighted by molar-refractivity contribution is -0.146. The summed E-state index contributed by atoms with van der Waals surface area (Å²) in [6, 6.07) is 5.31. The van der Waals surface area contributed by atoms with Crippen molar-refractivity contribution in [2.45, 2.75) is 45.2 Å². The van der Waals surface area contributed by atoms with Crippen molar-refractivity contribution in [1.82, 2.24) is 15.5 Å². The van der Waals surface area contributed by atoms with Crippen LogP contribution >= 0.6 is 0 Å². The first-order valence-corrected chi connectivity index (χ1v) is 9.89. The highest BCUT2D eigenvalue weighted by atomic mass is 16.5. The normalized spacial score (nSPS) is 20.4. The Morgan fingerprint density at radius 2 is 1.80 bits per heavy atom. The average Bonchev–Trinajstić information content (AvgIpc) is 3.01. The number of hydrogen-bond donors (Lipinski definition) is 2. The van der Waals surface area contributed by atoms with Gasteiger partial charge in [0.2, 0.25) is 5.91 Å². The van der Waals surface area contributed by atoms with Gasteiger partial charge in [-0.25, -0.2) is 9.59 Å². The highest BCUT2D eigenvalue weighted by molar-refractivity contribution is 6.09. The smallest absolute Gasteiger partial charge is 0.328 e. The number of carbonyl (C=O) groups is 4. The highest BCUT2D eigenvalue weighted by Gasteiger charge is 2.51. The lowest BCUT2D eigenvalue weighted by Gasteiger charge is -2.26. The van der Waals surface area contributed by atoms with E-state index in [0.717, 1.165) is 4.90 Å². The number of rotatable bonds is 9. The van der Waals surface area contributed by atoms with Gasteiger partial charge in [0.25, 0.3) is 5.91 Å². The van der Waals surface area contributed by atoms with E-state index in [1.807, 2.05) is 6.92 Å². The second-order valence-corrected chi connectivity index (χ2v) is 7.26. The molecule has 2 N–H and O–H groups in total. The molecule has 1 saturated heterocycles. The number of urea groups is 1. The minimum atomic E-state index is -1.26. The number of methoxy groups -OCH3 is 2. The molecule has 0 aliphatic carbocycles. The Bertz CT molecular complexity index is 809. The Morgan fingerprint density at radius 3 is 2.30 bits per heavy atom. The van der Waals surface area contributed by atoms with Crippen molar-refractivity contribution in [1.29, 1.82) is 0 Å². The Balaban J connectivity index is 2.20. The molecule has 1 aromatic rings. The molecule has 0 unspecified atom stereocenters. The van der Waals surface area contributed by atoms with Crippen molar-refractivity contribution in [3.8, 4) is 5.75 Å². The molecule has 0 spiro atoms. The molecule has 1 aliphatic rings. The fourth-order valence-electron chi connectivity index (χ4n) is 3.44. The van der Waals surface area contributed by atoms with E-state index in [4.69, 9.17) is 9.47 Å².